The van der Waals surface area contributed by atoms with E-state index in [9.17, 15) is 4.39 Å². The lowest BCUT2D eigenvalue weighted by molar-refractivity contribution is 0.116. The average molecular weight is 365 g/mol. The van der Waals surface area contributed by atoms with E-state index in [2.05, 4.69) is 21.1 Å². The number of likely N-dealkylation sites (N-methyl/N-ethyl adjacent to an activating group) is 1. The molecule has 0 saturated carbocycles. The van der Waals surface area contributed by atoms with Crippen molar-refractivity contribution in [2.75, 3.05) is 23.6 Å². The summed E-state index contributed by atoms with van der Waals surface area (Å²) >= 11 is 0. The van der Waals surface area contributed by atoms with Crippen LogP contribution >= 0.6 is 0 Å². The molecule has 1 aromatic heterocycles. The quantitative estimate of drug-likeness (QED) is 0.779. The van der Waals surface area contributed by atoms with Crippen molar-refractivity contribution in [3.8, 4) is 5.88 Å². The van der Waals surface area contributed by atoms with E-state index in [1.54, 1.807) is 23.5 Å². The lowest BCUT2D eigenvalue weighted by atomic mass is 10.1. The Morgan fingerprint density at radius 3 is 2.58 bits per heavy atom. The van der Waals surface area contributed by atoms with E-state index in [1.807, 2.05) is 18.9 Å². The second kappa shape index (κ2) is 6.94. The molecular weight excluding hydrogens is 345 g/mol. The molecule has 0 amide bonds. The third-order valence-corrected chi connectivity index (χ3v) is 4.40. The standard InChI is InChI=1S/C15H20FN7O3/c1-10(12-7-11(16)9-21(12)2)26-14-8-13(22-3-5-24-19-22)17-15(18-14)23-4-6-25-20-23/h3-6,8,10-12,19-20H,7,9H2,1-2H3/t10-,11+,12-/m0/s1. The van der Waals surface area contributed by atoms with E-state index in [1.165, 1.54) is 17.5 Å². The molecule has 10 nitrogen and oxygen atoms in total. The van der Waals surface area contributed by atoms with Crippen molar-refractivity contribution < 1.29 is 18.8 Å². The number of rotatable bonds is 5. The van der Waals surface area contributed by atoms with Crippen LogP contribution in [0.4, 0.5) is 16.2 Å². The van der Waals surface area contributed by atoms with Crippen LogP contribution in [0.15, 0.2) is 31.0 Å². The summed E-state index contributed by atoms with van der Waals surface area (Å²) in [4.78, 5) is 20.8. The molecule has 4 rings (SSSR count). The molecule has 4 heterocycles. The zero-order chi connectivity index (χ0) is 18.1. The van der Waals surface area contributed by atoms with Gasteiger partial charge in [-0.05, 0) is 20.4 Å². The number of hydrazine groups is 2. The van der Waals surface area contributed by atoms with Gasteiger partial charge in [-0.2, -0.15) is 9.97 Å². The zero-order valence-electron chi connectivity index (χ0n) is 14.4. The molecule has 0 bridgehead atoms. The summed E-state index contributed by atoms with van der Waals surface area (Å²) in [5.74, 6) is 1.19. The molecule has 1 fully saturated rings. The molecule has 0 spiro atoms. The highest BCUT2D eigenvalue weighted by Gasteiger charge is 2.34. The van der Waals surface area contributed by atoms with E-state index in [0.717, 1.165) is 0 Å². The fourth-order valence-corrected chi connectivity index (χ4v) is 3.12. The van der Waals surface area contributed by atoms with Crippen LogP contribution in [0.1, 0.15) is 13.3 Å². The van der Waals surface area contributed by atoms with E-state index in [-0.39, 0.29) is 12.1 Å². The SMILES string of the molecule is C[C@H](Oc1cc(N2C=CON2)nc(N2C=CON2)n1)[C@@H]1C[C@@H](F)CN1C. The number of ether oxygens (including phenoxy) is 1. The van der Waals surface area contributed by atoms with Crippen molar-refractivity contribution in [1.29, 1.82) is 0 Å². The number of halogens is 1. The first kappa shape index (κ1) is 16.8. The number of likely N-dealkylation sites (tertiary alicyclic amines) is 1. The summed E-state index contributed by atoms with van der Waals surface area (Å²) in [5.41, 5.74) is 5.30. The number of anilines is 2. The number of hydrogen-bond donors (Lipinski definition) is 2. The molecule has 0 aliphatic carbocycles. The summed E-state index contributed by atoms with van der Waals surface area (Å²) in [6.45, 7) is 2.33. The molecule has 1 aromatic rings. The van der Waals surface area contributed by atoms with Gasteiger partial charge < -0.3 is 14.4 Å². The van der Waals surface area contributed by atoms with Crippen LogP contribution in [0.25, 0.3) is 0 Å². The highest BCUT2D eigenvalue weighted by molar-refractivity contribution is 5.49. The normalized spacial score (nSPS) is 26.3. The van der Waals surface area contributed by atoms with Crippen molar-refractivity contribution in [3.63, 3.8) is 0 Å². The van der Waals surface area contributed by atoms with Crippen molar-refractivity contribution in [3.05, 3.63) is 31.0 Å². The van der Waals surface area contributed by atoms with E-state index in [4.69, 9.17) is 14.4 Å². The van der Waals surface area contributed by atoms with Gasteiger partial charge in [0.15, 0.2) is 5.82 Å². The summed E-state index contributed by atoms with van der Waals surface area (Å²) in [7, 11) is 1.90. The second-order valence-corrected chi connectivity index (χ2v) is 6.26. The van der Waals surface area contributed by atoms with Crippen LogP contribution in [0.2, 0.25) is 0 Å². The van der Waals surface area contributed by atoms with Gasteiger partial charge in [0, 0.05) is 18.7 Å². The molecule has 0 aromatic carbocycles. The maximum absolute atomic E-state index is 13.7. The van der Waals surface area contributed by atoms with Crippen LogP contribution in [-0.2, 0) is 9.68 Å². The van der Waals surface area contributed by atoms with Crippen LogP contribution in [-0.4, -0.2) is 46.8 Å². The molecule has 26 heavy (non-hydrogen) atoms. The third-order valence-electron chi connectivity index (χ3n) is 4.40. The van der Waals surface area contributed by atoms with E-state index in [0.29, 0.717) is 30.6 Å². The monoisotopic (exact) mass is 365 g/mol. The molecule has 0 unspecified atom stereocenters. The summed E-state index contributed by atoms with van der Waals surface area (Å²) in [6, 6.07) is 1.65. The minimum absolute atomic E-state index is 0.0202. The summed E-state index contributed by atoms with van der Waals surface area (Å²) in [6.07, 6.45) is 5.61. The zero-order valence-corrected chi connectivity index (χ0v) is 14.4. The van der Waals surface area contributed by atoms with Gasteiger partial charge in [-0.1, -0.05) is 11.2 Å². The Morgan fingerprint density at radius 2 is 1.96 bits per heavy atom. The summed E-state index contributed by atoms with van der Waals surface area (Å²) < 4.78 is 19.7. The Kier molecular flexibility index (Phi) is 4.49. The van der Waals surface area contributed by atoms with Crippen molar-refractivity contribution in [2.45, 2.75) is 31.7 Å². The predicted octanol–water partition coefficient (Wildman–Crippen LogP) is 0.741. The van der Waals surface area contributed by atoms with Gasteiger partial charge in [0.25, 0.3) is 5.95 Å². The van der Waals surface area contributed by atoms with Crippen molar-refractivity contribution >= 4 is 11.8 Å². The van der Waals surface area contributed by atoms with Crippen molar-refractivity contribution in [2.24, 2.45) is 0 Å². The third kappa shape index (κ3) is 3.36. The van der Waals surface area contributed by atoms with Crippen LogP contribution in [0.3, 0.4) is 0 Å². The topological polar surface area (TPSA) is 87.2 Å². The molecule has 11 heteroatoms. The van der Waals surface area contributed by atoms with E-state index < -0.39 is 6.17 Å². The first-order chi connectivity index (χ1) is 12.6. The highest BCUT2D eigenvalue weighted by Crippen LogP contribution is 2.27. The number of aromatic nitrogens is 2. The Bertz CT molecular complexity index is 678. The fourth-order valence-electron chi connectivity index (χ4n) is 3.12. The molecule has 0 radical (unpaired) electrons. The van der Waals surface area contributed by atoms with Gasteiger partial charge in [-0.3, -0.25) is 4.90 Å². The van der Waals surface area contributed by atoms with Gasteiger partial charge in [-0.15, -0.1) is 0 Å². The predicted molar refractivity (Wildman–Crippen MR) is 89.7 cm³/mol. The molecular formula is C15H20FN7O3. The largest absolute Gasteiger partial charge is 0.473 e. The molecule has 2 N–H and O–H groups in total. The van der Waals surface area contributed by atoms with Crippen LogP contribution in [0, 0.1) is 0 Å². The molecule has 3 aliphatic rings. The first-order valence-corrected chi connectivity index (χ1v) is 8.24. The average Bonchev–Trinajstić information content (AvgIpc) is 3.36. The maximum atomic E-state index is 13.7. The Balaban J connectivity index is 1.57. The molecule has 140 valence electrons. The lowest BCUT2D eigenvalue weighted by Gasteiger charge is -2.26. The molecule has 3 aliphatic heterocycles. The van der Waals surface area contributed by atoms with E-state index >= 15 is 0 Å². The number of alkyl halides is 1. The fraction of sp³-hybridized carbons (Fsp3) is 0.467. The van der Waals surface area contributed by atoms with Gasteiger partial charge in [0.2, 0.25) is 5.88 Å². The number of nitrogens with zero attached hydrogens (tertiary/aromatic N) is 5. The lowest BCUT2D eigenvalue weighted by Crippen LogP contribution is -2.38. The van der Waals surface area contributed by atoms with Crippen LogP contribution in [0.5, 0.6) is 5.88 Å². The highest BCUT2D eigenvalue weighted by atomic mass is 19.1. The van der Waals surface area contributed by atoms with Crippen molar-refractivity contribution in [1.82, 2.24) is 26.0 Å². The van der Waals surface area contributed by atoms with Gasteiger partial charge in [0.1, 0.15) is 24.8 Å². The summed E-state index contributed by atoms with van der Waals surface area (Å²) in [5, 5.41) is 3.07. The van der Waals surface area contributed by atoms with Gasteiger partial charge in [-0.25, -0.2) is 14.4 Å². The van der Waals surface area contributed by atoms with Gasteiger partial charge in [0.05, 0.1) is 12.4 Å². The number of nitrogens with one attached hydrogen (secondary N) is 2. The molecule has 3 atom stereocenters. The Hall–Kier alpha value is -2.63. The molecule has 1 saturated heterocycles. The second-order valence-electron chi connectivity index (χ2n) is 6.26. The van der Waals surface area contributed by atoms with Crippen LogP contribution < -0.4 is 25.9 Å². The first-order valence-electron chi connectivity index (χ1n) is 8.24. The van der Waals surface area contributed by atoms with Gasteiger partial charge >= 0.3 is 0 Å². The Labute approximate surface area is 149 Å². The maximum Gasteiger partial charge on any atom is 0.252 e. The Morgan fingerprint density at radius 1 is 1.23 bits per heavy atom. The number of hydrogen-bond acceptors (Lipinski definition) is 10. The minimum Gasteiger partial charge on any atom is -0.473 e. The minimum atomic E-state index is -0.834. The smallest absolute Gasteiger partial charge is 0.252 e.